The van der Waals surface area contributed by atoms with E-state index in [2.05, 4.69) is 14.9 Å². The minimum absolute atomic E-state index is 0.136. The minimum Gasteiger partial charge on any atom is -0.462 e. The molecule has 0 aliphatic heterocycles. The van der Waals surface area contributed by atoms with E-state index in [1.54, 1.807) is 12.3 Å². The number of nitrogens with zero attached hydrogens (tertiary/aromatic N) is 1. The Morgan fingerprint density at radius 1 is 1.28 bits per heavy atom. The van der Waals surface area contributed by atoms with Gasteiger partial charge < -0.3 is 4.74 Å². The van der Waals surface area contributed by atoms with Gasteiger partial charge in [0.05, 0.1) is 6.20 Å². The number of carbonyl (C=O) groups excluding carboxylic acids is 1. The van der Waals surface area contributed by atoms with Gasteiger partial charge in [0.2, 0.25) is 0 Å². The van der Waals surface area contributed by atoms with Crippen molar-refractivity contribution in [3.8, 4) is 0 Å². The number of nitrogens with one attached hydrogen (secondary N) is 1. The SMILES string of the molecule is CC(C)(C)OC=O.O=c1[nH]ncc2ccccc12. The van der Waals surface area contributed by atoms with Crippen LogP contribution < -0.4 is 5.56 Å². The van der Waals surface area contributed by atoms with Crippen LogP contribution in [0.1, 0.15) is 20.8 Å². The van der Waals surface area contributed by atoms with E-state index in [4.69, 9.17) is 0 Å². The Labute approximate surface area is 105 Å². The van der Waals surface area contributed by atoms with Gasteiger partial charge in [-0.15, -0.1) is 0 Å². The lowest BCUT2D eigenvalue weighted by molar-refractivity contribution is -0.138. The fourth-order valence-electron chi connectivity index (χ4n) is 1.18. The number of hydrogen-bond donors (Lipinski definition) is 1. The maximum Gasteiger partial charge on any atom is 0.293 e. The number of aromatic amines is 1. The third kappa shape index (κ3) is 4.37. The van der Waals surface area contributed by atoms with Crippen molar-refractivity contribution in [3.63, 3.8) is 0 Å². The summed E-state index contributed by atoms with van der Waals surface area (Å²) in [6.07, 6.45) is 1.64. The Morgan fingerprint density at radius 3 is 2.44 bits per heavy atom. The number of fused-ring (bicyclic) bond motifs is 1. The monoisotopic (exact) mass is 248 g/mol. The molecule has 0 radical (unpaired) electrons. The first-order valence-corrected chi connectivity index (χ1v) is 5.48. The zero-order valence-electron chi connectivity index (χ0n) is 10.6. The molecule has 0 unspecified atom stereocenters. The summed E-state index contributed by atoms with van der Waals surface area (Å²) >= 11 is 0. The highest BCUT2D eigenvalue weighted by molar-refractivity contribution is 5.80. The lowest BCUT2D eigenvalue weighted by Gasteiger charge is -2.14. The van der Waals surface area contributed by atoms with Gasteiger partial charge in [0.1, 0.15) is 5.60 Å². The Bertz CT molecular complexity index is 565. The first-order chi connectivity index (χ1) is 8.44. The molecule has 0 bridgehead atoms. The van der Waals surface area contributed by atoms with Gasteiger partial charge in [-0.25, -0.2) is 5.10 Å². The number of ether oxygens (including phenoxy) is 1. The number of H-pyrrole nitrogens is 1. The summed E-state index contributed by atoms with van der Waals surface area (Å²) in [6, 6.07) is 7.34. The lowest BCUT2D eigenvalue weighted by Crippen LogP contribution is -2.17. The van der Waals surface area contributed by atoms with Crippen molar-refractivity contribution in [2.24, 2.45) is 0 Å². The number of hydrogen-bond acceptors (Lipinski definition) is 4. The molecule has 0 spiro atoms. The van der Waals surface area contributed by atoms with Crippen LogP contribution >= 0.6 is 0 Å². The molecule has 5 heteroatoms. The van der Waals surface area contributed by atoms with Gasteiger partial charge in [0, 0.05) is 10.8 Å². The van der Waals surface area contributed by atoms with E-state index in [0.717, 1.165) is 5.39 Å². The van der Waals surface area contributed by atoms with Crippen LogP contribution in [0.4, 0.5) is 0 Å². The third-order valence-electron chi connectivity index (χ3n) is 1.98. The van der Waals surface area contributed by atoms with Gasteiger partial charge in [-0.1, -0.05) is 18.2 Å². The van der Waals surface area contributed by atoms with E-state index in [-0.39, 0.29) is 11.2 Å². The molecule has 1 N–H and O–H groups in total. The Kier molecular flexibility index (Phi) is 4.59. The highest BCUT2D eigenvalue weighted by Gasteiger charge is 2.07. The second-order valence-electron chi connectivity index (χ2n) is 4.61. The second-order valence-corrected chi connectivity index (χ2v) is 4.61. The van der Waals surface area contributed by atoms with E-state index in [0.29, 0.717) is 11.9 Å². The minimum atomic E-state index is -0.318. The predicted octanol–water partition coefficient (Wildman–Crippen LogP) is 1.88. The van der Waals surface area contributed by atoms with E-state index in [1.807, 2.05) is 39.0 Å². The highest BCUT2D eigenvalue weighted by Crippen LogP contribution is 2.04. The van der Waals surface area contributed by atoms with Gasteiger partial charge >= 0.3 is 0 Å². The van der Waals surface area contributed by atoms with Crippen molar-refractivity contribution in [1.82, 2.24) is 10.2 Å². The quantitative estimate of drug-likeness (QED) is 0.782. The van der Waals surface area contributed by atoms with Crippen LogP contribution in [0.2, 0.25) is 0 Å². The zero-order chi connectivity index (χ0) is 13.6. The Balaban J connectivity index is 0.000000203. The molecule has 0 saturated heterocycles. The number of rotatable bonds is 1. The number of benzene rings is 1. The smallest absolute Gasteiger partial charge is 0.293 e. The van der Waals surface area contributed by atoms with Crippen LogP contribution in [-0.2, 0) is 9.53 Å². The summed E-state index contributed by atoms with van der Waals surface area (Å²) in [4.78, 5) is 20.7. The number of aromatic nitrogens is 2. The van der Waals surface area contributed by atoms with E-state index >= 15 is 0 Å². The fourth-order valence-corrected chi connectivity index (χ4v) is 1.18. The molecule has 5 nitrogen and oxygen atoms in total. The topological polar surface area (TPSA) is 72.1 Å². The number of carbonyl (C=O) groups is 1. The summed E-state index contributed by atoms with van der Waals surface area (Å²) in [5, 5.41) is 7.60. The van der Waals surface area contributed by atoms with Crippen LogP contribution in [0.5, 0.6) is 0 Å². The van der Waals surface area contributed by atoms with Crippen molar-refractivity contribution >= 4 is 17.2 Å². The molecule has 1 heterocycles. The van der Waals surface area contributed by atoms with Gasteiger partial charge in [-0.3, -0.25) is 9.59 Å². The van der Waals surface area contributed by atoms with Gasteiger partial charge in [0.15, 0.2) is 0 Å². The van der Waals surface area contributed by atoms with Gasteiger partial charge in [-0.2, -0.15) is 5.10 Å². The van der Waals surface area contributed by atoms with Crippen LogP contribution in [0, 0.1) is 0 Å². The summed E-state index contributed by atoms with van der Waals surface area (Å²) < 4.78 is 4.55. The summed E-state index contributed by atoms with van der Waals surface area (Å²) in [6.45, 7) is 5.92. The normalized spacial score (nSPS) is 10.4. The Morgan fingerprint density at radius 2 is 1.94 bits per heavy atom. The van der Waals surface area contributed by atoms with Crippen molar-refractivity contribution in [2.45, 2.75) is 26.4 Å². The molecule has 18 heavy (non-hydrogen) atoms. The standard InChI is InChI=1S/C8H6N2O.C5H10O2/c11-8-7-4-2-1-3-6(7)5-9-10-8;1-5(2,3)7-4-6/h1-5H,(H,10,11);4H,1-3H3. The fraction of sp³-hybridized carbons (Fsp3) is 0.308. The molecular weight excluding hydrogens is 232 g/mol. The summed E-state index contributed by atoms with van der Waals surface area (Å²) in [5.41, 5.74) is -0.454. The van der Waals surface area contributed by atoms with Crippen molar-refractivity contribution < 1.29 is 9.53 Å². The lowest BCUT2D eigenvalue weighted by atomic mass is 10.2. The zero-order valence-corrected chi connectivity index (χ0v) is 10.6. The molecular formula is C13H16N2O3. The first-order valence-electron chi connectivity index (χ1n) is 5.48. The van der Waals surface area contributed by atoms with Crippen LogP contribution in [0.3, 0.4) is 0 Å². The maximum absolute atomic E-state index is 11.1. The molecule has 2 aromatic rings. The average molecular weight is 248 g/mol. The molecule has 2 rings (SSSR count). The molecule has 1 aromatic carbocycles. The van der Waals surface area contributed by atoms with Crippen molar-refractivity contribution in [1.29, 1.82) is 0 Å². The summed E-state index contributed by atoms with van der Waals surface area (Å²) in [7, 11) is 0. The van der Waals surface area contributed by atoms with Crippen LogP contribution in [0.25, 0.3) is 10.8 Å². The molecule has 0 atom stereocenters. The average Bonchev–Trinajstić information content (AvgIpc) is 2.29. The largest absolute Gasteiger partial charge is 0.462 e. The van der Waals surface area contributed by atoms with E-state index in [9.17, 15) is 9.59 Å². The van der Waals surface area contributed by atoms with Gasteiger partial charge in [-0.05, 0) is 26.8 Å². The molecule has 0 fully saturated rings. The predicted molar refractivity (Wildman–Crippen MR) is 69.3 cm³/mol. The second kappa shape index (κ2) is 5.95. The van der Waals surface area contributed by atoms with E-state index < -0.39 is 0 Å². The molecule has 0 aliphatic carbocycles. The highest BCUT2D eigenvalue weighted by atomic mass is 16.5. The van der Waals surface area contributed by atoms with Crippen molar-refractivity contribution in [2.75, 3.05) is 0 Å². The molecule has 0 amide bonds. The summed E-state index contributed by atoms with van der Waals surface area (Å²) in [5.74, 6) is 0. The van der Waals surface area contributed by atoms with Gasteiger partial charge in [0.25, 0.3) is 12.0 Å². The Hall–Kier alpha value is -2.17. The maximum atomic E-state index is 11.1. The van der Waals surface area contributed by atoms with Crippen molar-refractivity contribution in [3.05, 3.63) is 40.8 Å². The van der Waals surface area contributed by atoms with E-state index in [1.165, 1.54) is 0 Å². The first kappa shape index (κ1) is 13.9. The molecule has 1 aromatic heterocycles. The molecule has 0 saturated carbocycles. The molecule has 96 valence electrons. The third-order valence-corrected chi connectivity index (χ3v) is 1.98. The molecule has 0 aliphatic rings. The van der Waals surface area contributed by atoms with Crippen LogP contribution in [-0.4, -0.2) is 22.3 Å². The van der Waals surface area contributed by atoms with Crippen LogP contribution in [0.15, 0.2) is 35.3 Å².